The Morgan fingerprint density at radius 2 is 2.25 bits per heavy atom. The van der Waals surface area contributed by atoms with Crippen LogP contribution in [0.15, 0.2) is 0 Å². The van der Waals surface area contributed by atoms with E-state index >= 15 is 0 Å². The lowest BCUT2D eigenvalue weighted by atomic mass is 10.2. The number of hydrogen-bond acceptors (Lipinski definition) is 3. The molecule has 0 aromatic carbocycles. The quantitative estimate of drug-likeness (QED) is 0.795. The zero-order chi connectivity index (χ0) is 10.7. The number of amides is 1. The first-order chi connectivity index (χ1) is 7.27. The zero-order valence-electron chi connectivity index (χ0n) is 9.78. The molecule has 1 saturated carbocycles. The molecule has 1 saturated heterocycles. The topological polar surface area (TPSA) is 41.6 Å². The highest BCUT2D eigenvalue weighted by atomic mass is 35.5. The molecule has 0 aromatic heterocycles. The smallest absolute Gasteiger partial charge is 0.248 e. The van der Waals surface area contributed by atoms with Gasteiger partial charge in [0.1, 0.15) is 6.61 Å². The Labute approximate surface area is 103 Å². The first-order valence-corrected chi connectivity index (χ1v) is 5.85. The van der Waals surface area contributed by atoms with Crippen LogP contribution in [-0.2, 0) is 9.53 Å². The Balaban J connectivity index is 0.00000128. The van der Waals surface area contributed by atoms with Gasteiger partial charge in [-0.1, -0.05) is 0 Å². The standard InChI is InChI=1S/C11H20N2O2.ClH/c1-9-6-12-4-5-13(9)11(14)8-15-7-10-2-3-10;/h9-10,12H,2-8H2,1H3;1H/t9-;/m1./s1. The van der Waals surface area contributed by atoms with Gasteiger partial charge in [0, 0.05) is 25.7 Å². The summed E-state index contributed by atoms with van der Waals surface area (Å²) in [5, 5.41) is 3.27. The van der Waals surface area contributed by atoms with Crippen molar-refractivity contribution in [1.82, 2.24) is 10.2 Å². The minimum Gasteiger partial charge on any atom is -0.371 e. The van der Waals surface area contributed by atoms with Crippen molar-refractivity contribution in [2.45, 2.75) is 25.8 Å². The molecule has 0 radical (unpaired) electrons. The number of hydrogen-bond donors (Lipinski definition) is 1. The molecule has 1 atom stereocenters. The fourth-order valence-corrected chi connectivity index (χ4v) is 1.89. The molecule has 2 rings (SSSR count). The minimum absolute atomic E-state index is 0. The van der Waals surface area contributed by atoms with Gasteiger partial charge in [0.2, 0.25) is 5.91 Å². The maximum Gasteiger partial charge on any atom is 0.248 e. The molecule has 5 heteroatoms. The number of rotatable bonds is 4. The third kappa shape index (κ3) is 3.92. The van der Waals surface area contributed by atoms with Gasteiger partial charge < -0.3 is 15.0 Å². The van der Waals surface area contributed by atoms with Gasteiger partial charge >= 0.3 is 0 Å². The summed E-state index contributed by atoms with van der Waals surface area (Å²) in [5.74, 6) is 0.878. The van der Waals surface area contributed by atoms with Gasteiger partial charge in [-0.2, -0.15) is 0 Å². The van der Waals surface area contributed by atoms with Crippen LogP contribution in [-0.4, -0.2) is 49.7 Å². The SMILES string of the molecule is C[C@@H]1CNCCN1C(=O)COCC1CC1.Cl. The summed E-state index contributed by atoms with van der Waals surface area (Å²) in [5.41, 5.74) is 0. The highest BCUT2D eigenvalue weighted by molar-refractivity contribution is 5.85. The van der Waals surface area contributed by atoms with Gasteiger partial charge in [0.05, 0.1) is 6.61 Å². The summed E-state index contributed by atoms with van der Waals surface area (Å²) < 4.78 is 5.41. The number of carbonyl (C=O) groups excluding carboxylic acids is 1. The molecule has 2 fully saturated rings. The maximum absolute atomic E-state index is 11.8. The van der Waals surface area contributed by atoms with Crippen molar-refractivity contribution in [3.63, 3.8) is 0 Å². The lowest BCUT2D eigenvalue weighted by molar-refractivity contribution is -0.139. The van der Waals surface area contributed by atoms with Crippen LogP contribution in [0.25, 0.3) is 0 Å². The number of piperazine rings is 1. The first-order valence-electron chi connectivity index (χ1n) is 5.85. The van der Waals surface area contributed by atoms with Gasteiger partial charge in [-0.3, -0.25) is 4.79 Å². The van der Waals surface area contributed by atoms with E-state index in [0.717, 1.165) is 32.2 Å². The molecule has 2 aliphatic rings. The molecule has 0 unspecified atom stereocenters. The summed E-state index contributed by atoms with van der Waals surface area (Å²) in [6.07, 6.45) is 2.55. The predicted octanol–water partition coefficient (Wildman–Crippen LogP) is 0.655. The zero-order valence-corrected chi connectivity index (χ0v) is 10.6. The van der Waals surface area contributed by atoms with Gasteiger partial charge in [-0.25, -0.2) is 0 Å². The fourth-order valence-electron chi connectivity index (χ4n) is 1.89. The van der Waals surface area contributed by atoms with E-state index in [2.05, 4.69) is 12.2 Å². The van der Waals surface area contributed by atoms with Crippen LogP contribution in [0, 0.1) is 5.92 Å². The summed E-state index contributed by atoms with van der Waals surface area (Å²) in [7, 11) is 0. The monoisotopic (exact) mass is 248 g/mol. The molecule has 1 amide bonds. The van der Waals surface area contributed by atoms with Crippen molar-refractivity contribution in [2.75, 3.05) is 32.8 Å². The third-order valence-electron chi connectivity index (χ3n) is 3.10. The molecule has 0 bridgehead atoms. The van der Waals surface area contributed by atoms with E-state index in [-0.39, 0.29) is 24.9 Å². The molecule has 1 N–H and O–H groups in total. The van der Waals surface area contributed by atoms with E-state index < -0.39 is 0 Å². The van der Waals surface area contributed by atoms with Crippen LogP contribution in [0.1, 0.15) is 19.8 Å². The number of nitrogens with one attached hydrogen (secondary N) is 1. The number of halogens is 1. The van der Waals surface area contributed by atoms with Crippen molar-refractivity contribution in [3.05, 3.63) is 0 Å². The van der Waals surface area contributed by atoms with E-state index in [1.165, 1.54) is 12.8 Å². The molecule has 94 valence electrons. The summed E-state index contributed by atoms with van der Waals surface area (Å²) in [6.45, 7) is 5.72. The Morgan fingerprint density at radius 1 is 1.50 bits per heavy atom. The van der Waals surface area contributed by atoms with Crippen LogP contribution in [0.5, 0.6) is 0 Å². The largest absolute Gasteiger partial charge is 0.371 e. The fraction of sp³-hybridized carbons (Fsp3) is 0.909. The van der Waals surface area contributed by atoms with E-state index in [4.69, 9.17) is 4.74 Å². The molecular weight excluding hydrogens is 228 g/mol. The summed E-state index contributed by atoms with van der Waals surface area (Å²) >= 11 is 0. The highest BCUT2D eigenvalue weighted by Crippen LogP contribution is 2.28. The average Bonchev–Trinajstić information content (AvgIpc) is 3.02. The van der Waals surface area contributed by atoms with E-state index in [1.54, 1.807) is 0 Å². The summed E-state index contributed by atoms with van der Waals surface area (Å²) in [6, 6.07) is 0.302. The number of carbonyl (C=O) groups is 1. The first kappa shape index (κ1) is 13.7. The molecule has 4 nitrogen and oxygen atoms in total. The van der Waals surface area contributed by atoms with Crippen LogP contribution in [0.4, 0.5) is 0 Å². The normalized spacial score (nSPS) is 25.1. The van der Waals surface area contributed by atoms with E-state index in [0.29, 0.717) is 6.04 Å². The molecule has 1 heterocycles. The third-order valence-corrected chi connectivity index (χ3v) is 3.10. The molecule has 1 aliphatic heterocycles. The molecule has 0 aromatic rings. The Kier molecular flexibility index (Phi) is 5.52. The van der Waals surface area contributed by atoms with Crippen molar-refractivity contribution < 1.29 is 9.53 Å². The maximum atomic E-state index is 11.8. The van der Waals surface area contributed by atoms with E-state index in [9.17, 15) is 4.79 Å². The van der Waals surface area contributed by atoms with Crippen molar-refractivity contribution in [2.24, 2.45) is 5.92 Å². The highest BCUT2D eigenvalue weighted by Gasteiger charge is 2.25. The Morgan fingerprint density at radius 3 is 2.88 bits per heavy atom. The molecule has 1 aliphatic carbocycles. The molecule has 16 heavy (non-hydrogen) atoms. The Bertz CT molecular complexity index is 234. The minimum atomic E-state index is 0. The molecule has 0 spiro atoms. The second-order valence-electron chi connectivity index (χ2n) is 4.60. The van der Waals surface area contributed by atoms with E-state index in [1.807, 2.05) is 4.90 Å². The second-order valence-corrected chi connectivity index (χ2v) is 4.60. The number of ether oxygens (including phenoxy) is 1. The second kappa shape index (κ2) is 6.42. The van der Waals surface area contributed by atoms with Crippen molar-refractivity contribution in [3.8, 4) is 0 Å². The summed E-state index contributed by atoms with van der Waals surface area (Å²) in [4.78, 5) is 13.7. The van der Waals surface area contributed by atoms with Crippen LogP contribution in [0.3, 0.4) is 0 Å². The lowest BCUT2D eigenvalue weighted by Crippen LogP contribution is -2.53. The van der Waals surface area contributed by atoms with Gasteiger partial charge in [-0.05, 0) is 25.7 Å². The Hall–Kier alpha value is -0.320. The van der Waals surface area contributed by atoms with Gasteiger partial charge in [0.25, 0.3) is 0 Å². The number of nitrogens with zero attached hydrogens (tertiary/aromatic N) is 1. The van der Waals surface area contributed by atoms with Crippen molar-refractivity contribution >= 4 is 18.3 Å². The lowest BCUT2D eigenvalue weighted by Gasteiger charge is -2.33. The van der Waals surface area contributed by atoms with Crippen LogP contribution >= 0.6 is 12.4 Å². The molecular formula is C11H21ClN2O2. The average molecular weight is 249 g/mol. The van der Waals surface area contributed by atoms with Crippen LogP contribution < -0.4 is 5.32 Å². The van der Waals surface area contributed by atoms with Gasteiger partial charge in [0.15, 0.2) is 0 Å². The van der Waals surface area contributed by atoms with Crippen LogP contribution in [0.2, 0.25) is 0 Å². The predicted molar refractivity (Wildman–Crippen MR) is 64.8 cm³/mol. The van der Waals surface area contributed by atoms with Crippen molar-refractivity contribution in [1.29, 1.82) is 0 Å². The van der Waals surface area contributed by atoms with Gasteiger partial charge in [-0.15, -0.1) is 12.4 Å².